The summed E-state index contributed by atoms with van der Waals surface area (Å²) < 4.78 is 20.7. The fourth-order valence-electron chi connectivity index (χ4n) is 3.49. The minimum atomic E-state index is -1.77. The van der Waals surface area contributed by atoms with E-state index in [2.05, 4.69) is 20.4 Å². The number of amides is 2. The highest BCUT2D eigenvalue weighted by atomic mass is 35.5. The summed E-state index contributed by atoms with van der Waals surface area (Å²) in [4.78, 5) is 22.3. The van der Waals surface area contributed by atoms with E-state index in [0.717, 1.165) is 5.56 Å². The van der Waals surface area contributed by atoms with Gasteiger partial charge in [-0.1, -0.05) is 34.4 Å². The number of aryl methyl sites for hydroxylation is 1. The Morgan fingerprint density at radius 3 is 2.66 bits per heavy atom. The summed E-state index contributed by atoms with van der Waals surface area (Å²) in [5.41, 5.74) is 0.241. The van der Waals surface area contributed by atoms with Crippen LogP contribution in [0.1, 0.15) is 29.9 Å². The smallest absolute Gasteiger partial charge is 0.321 e. The molecule has 1 aliphatic heterocycles. The molecule has 0 atom stereocenters. The van der Waals surface area contributed by atoms with Crippen LogP contribution in [0.5, 0.6) is 0 Å². The van der Waals surface area contributed by atoms with Gasteiger partial charge in [-0.2, -0.15) is 4.98 Å². The molecule has 3 heterocycles. The first-order valence-electron chi connectivity index (χ1n) is 9.90. The molecule has 0 unspecified atom stereocenters. The third-order valence-corrected chi connectivity index (χ3v) is 6.08. The molecule has 1 aromatic carbocycles. The van der Waals surface area contributed by atoms with Gasteiger partial charge in [-0.05, 0) is 30.7 Å². The second-order valence-corrected chi connectivity index (χ2v) is 8.39. The molecule has 2 aromatic heterocycles. The molecule has 1 saturated heterocycles. The van der Waals surface area contributed by atoms with Crippen molar-refractivity contribution in [1.29, 1.82) is 0 Å². The number of aliphatic hydroxyl groups excluding tert-OH is 1. The molecule has 11 heteroatoms. The summed E-state index contributed by atoms with van der Waals surface area (Å²) in [6.07, 6.45) is 1.50. The van der Waals surface area contributed by atoms with E-state index < -0.39 is 5.67 Å². The number of benzene rings is 1. The van der Waals surface area contributed by atoms with Gasteiger partial charge in [0, 0.05) is 42.8 Å². The van der Waals surface area contributed by atoms with Crippen molar-refractivity contribution >= 4 is 34.9 Å². The van der Waals surface area contributed by atoms with Gasteiger partial charge >= 0.3 is 6.03 Å². The van der Waals surface area contributed by atoms with Crippen molar-refractivity contribution in [3.8, 4) is 11.5 Å². The van der Waals surface area contributed by atoms with Crippen LogP contribution in [0.4, 0.5) is 14.9 Å². The molecule has 4 rings (SSSR count). The molecular weight excluding hydrogens is 460 g/mol. The van der Waals surface area contributed by atoms with Crippen LogP contribution >= 0.6 is 23.2 Å². The lowest BCUT2D eigenvalue weighted by molar-refractivity contribution is 0.0684. The summed E-state index contributed by atoms with van der Waals surface area (Å²) in [6, 6.07) is 6.44. The Hall–Kier alpha value is -2.75. The molecular formula is C21H20Cl2FN5O3. The summed E-state index contributed by atoms with van der Waals surface area (Å²) in [5.74, 6) is 0.256. The van der Waals surface area contributed by atoms with Gasteiger partial charge in [0.05, 0.1) is 16.3 Å². The fourth-order valence-corrected chi connectivity index (χ4v) is 4.01. The molecule has 0 saturated carbocycles. The molecule has 0 radical (unpaired) electrons. The Morgan fingerprint density at radius 2 is 2.03 bits per heavy atom. The number of nitrogens with one attached hydrogen (secondary N) is 1. The number of aliphatic hydroxyl groups is 1. The fraction of sp³-hybridized carbons (Fsp3) is 0.333. The molecule has 1 aliphatic rings. The van der Waals surface area contributed by atoms with Crippen molar-refractivity contribution in [3.63, 3.8) is 0 Å². The number of pyridine rings is 1. The molecule has 8 nitrogen and oxygen atoms in total. The Morgan fingerprint density at radius 1 is 1.28 bits per heavy atom. The van der Waals surface area contributed by atoms with Crippen molar-refractivity contribution in [1.82, 2.24) is 20.0 Å². The SMILES string of the molecule is Cc1ccc(NC(=O)N2CCC(F)(c3ncc(-c4nc(CO)no4)cc3Cl)CC2)cc1Cl. The van der Waals surface area contributed by atoms with Crippen LogP contribution < -0.4 is 5.32 Å². The Balaban J connectivity index is 1.43. The van der Waals surface area contributed by atoms with Crippen molar-refractivity contribution in [2.45, 2.75) is 32.0 Å². The summed E-state index contributed by atoms with van der Waals surface area (Å²) in [7, 11) is 0. The number of alkyl halides is 1. The number of hydrogen-bond donors (Lipinski definition) is 2. The highest BCUT2D eigenvalue weighted by Crippen LogP contribution is 2.40. The van der Waals surface area contributed by atoms with Gasteiger partial charge in [0.2, 0.25) is 0 Å². The van der Waals surface area contributed by atoms with Crippen molar-refractivity contribution < 1.29 is 18.8 Å². The number of anilines is 1. The van der Waals surface area contributed by atoms with Gasteiger partial charge in [-0.3, -0.25) is 4.98 Å². The van der Waals surface area contributed by atoms with Gasteiger partial charge in [0.25, 0.3) is 5.89 Å². The molecule has 168 valence electrons. The van der Waals surface area contributed by atoms with Crippen molar-refractivity contribution in [3.05, 3.63) is 57.6 Å². The van der Waals surface area contributed by atoms with Crippen LogP contribution in [0.2, 0.25) is 10.0 Å². The van der Waals surface area contributed by atoms with E-state index in [0.29, 0.717) is 16.3 Å². The first-order valence-corrected chi connectivity index (χ1v) is 10.7. The average Bonchev–Trinajstić information content (AvgIpc) is 3.26. The first-order chi connectivity index (χ1) is 15.3. The number of halogens is 3. The molecule has 0 aliphatic carbocycles. The maximum absolute atomic E-state index is 15.7. The van der Waals surface area contributed by atoms with E-state index in [9.17, 15) is 4.79 Å². The molecule has 1 fully saturated rings. The number of urea groups is 1. The number of likely N-dealkylation sites (tertiary alicyclic amines) is 1. The van der Waals surface area contributed by atoms with Gasteiger partial charge < -0.3 is 19.8 Å². The molecule has 3 aromatic rings. The number of hydrogen-bond acceptors (Lipinski definition) is 6. The molecule has 2 N–H and O–H groups in total. The van der Waals surface area contributed by atoms with Gasteiger partial charge in [0.15, 0.2) is 11.5 Å². The predicted octanol–water partition coefficient (Wildman–Crippen LogP) is 4.73. The predicted molar refractivity (Wildman–Crippen MR) is 117 cm³/mol. The van der Waals surface area contributed by atoms with Crippen LogP contribution in [0.15, 0.2) is 35.0 Å². The van der Waals surface area contributed by atoms with Crippen LogP contribution in [0.3, 0.4) is 0 Å². The molecule has 32 heavy (non-hydrogen) atoms. The lowest BCUT2D eigenvalue weighted by Crippen LogP contribution is -2.45. The van der Waals surface area contributed by atoms with Gasteiger partial charge in [-0.15, -0.1) is 0 Å². The third kappa shape index (κ3) is 4.55. The summed E-state index contributed by atoms with van der Waals surface area (Å²) >= 11 is 12.4. The van der Waals surface area contributed by atoms with Crippen LogP contribution in [0, 0.1) is 6.92 Å². The normalized spacial score (nSPS) is 15.6. The monoisotopic (exact) mass is 479 g/mol. The van der Waals surface area contributed by atoms with E-state index in [1.54, 1.807) is 17.0 Å². The number of nitrogens with zero attached hydrogens (tertiary/aromatic N) is 4. The summed E-state index contributed by atoms with van der Waals surface area (Å²) in [5, 5.41) is 16.1. The first kappa shape index (κ1) is 22.4. The van der Waals surface area contributed by atoms with E-state index in [1.807, 2.05) is 13.0 Å². The second-order valence-electron chi connectivity index (χ2n) is 7.57. The largest absolute Gasteiger partial charge is 0.388 e. The number of carbonyl (C=O) groups is 1. The van der Waals surface area contributed by atoms with Crippen molar-refractivity contribution in [2.75, 3.05) is 18.4 Å². The number of carbonyl (C=O) groups excluding carboxylic acids is 1. The number of aromatic nitrogens is 3. The zero-order valence-corrected chi connectivity index (χ0v) is 18.6. The van der Waals surface area contributed by atoms with Crippen LogP contribution in [-0.2, 0) is 12.3 Å². The highest BCUT2D eigenvalue weighted by molar-refractivity contribution is 6.32. The van der Waals surface area contributed by atoms with E-state index in [-0.39, 0.29) is 61.0 Å². The van der Waals surface area contributed by atoms with Crippen molar-refractivity contribution in [2.24, 2.45) is 0 Å². The van der Waals surface area contributed by atoms with E-state index >= 15 is 4.39 Å². The second kappa shape index (κ2) is 9.01. The standard InChI is InChI=1S/C21H20Cl2FN5O3/c1-12-2-3-14(9-15(12)22)26-20(31)29-6-4-21(24,5-7-29)18-16(23)8-13(10-25-18)19-27-17(11-30)28-32-19/h2-3,8-10,30H,4-7,11H2,1H3,(H,26,31). The zero-order valence-electron chi connectivity index (χ0n) is 17.1. The third-order valence-electron chi connectivity index (χ3n) is 5.39. The maximum atomic E-state index is 15.7. The zero-order chi connectivity index (χ0) is 22.9. The topological polar surface area (TPSA) is 104 Å². The Bertz CT molecular complexity index is 1150. The lowest BCUT2D eigenvalue weighted by Gasteiger charge is -2.36. The number of rotatable bonds is 4. The molecule has 2 amide bonds. The van der Waals surface area contributed by atoms with Crippen LogP contribution in [-0.4, -0.2) is 44.3 Å². The van der Waals surface area contributed by atoms with Gasteiger partial charge in [0.1, 0.15) is 6.61 Å². The molecule has 0 bridgehead atoms. The maximum Gasteiger partial charge on any atom is 0.321 e. The lowest BCUT2D eigenvalue weighted by atomic mass is 9.89. The average molecular weight is 480 g/mol. The quantitative estimate of drug-likeness (QED) is 0.560. The minimum absolute atomic E-state index is 0.0519. The number of piperidine rings is 1. The molecule has 0 spiro atoms. The minimum Gasteiger partial charge on any atom is -0.388 e. The van der Waals surface area contributed by atoms with Gasteiger partial charge in [-0.25, -0.2) is 9.18 Å². The Kier molecular flexibility index (Phi) is 6.32. The van der Waals surface area contributed by atoms with E-state index in [1.165, 1.54) is 12.3 Å². The van der Waals surface area contributed by atoms with Crippen LogP contribution in [0.25, 0.3) is 11.5 Å². The summed E-state index contributed by atoms with van der Waals surface area (Å²) in [6.45, 7) is 1.91. The Labute approximate surface area is 193 Å². The highest BCUT2D eigenvalue weighted by Gasteiger charge is 2.40. The van der Waals surface area contributed by atoms with E-state index in [4.69, 9.17) is 32.8 Å².